The number of thiazole rings is 1. The number of sulfonamides is 1. The highest BCUT2D eigenvalue weighted by Gasteiger charge is 2.21. The molecule has 2 aromatic carbocycles. The quantitative estimate of drug-likeness (QED) is 0.529. The molecule has 10 heteroatoms. The number of aromatic nitrogens is 1. The van der Waals surface area contributed by atoms with E-state index in [1.807, 2.05) is 24.3 Å². The normalized spacial score (nSPS) is 11.1. The Kier molecular flexibility index (Phi) is 6.01. The van der Waals surface area contributed by atoms with Gasteiger partial charge in [-0.1, -0.05) is 28.1 Å². The molecule has 0 unspecified atom stereocenters. The second-order valence-corrected chi connectivity index (χ2v) is 9.36. The number of halogens is 1. The summed E-state index contributed by atoms with van der Waals surface area (Å²) in [7, 11) is -1.24. The maximum absolute atomic E-state index is 12.7. The number of hydrogen-bond donors (Lipinski definition) is 1. The fourth-order valence-electron chi connectivity index (χ4n) is 2.32. The lowest BCUT2D eigenvalue weighted by Crippen LogP contribution is -2.13. The molecule has 0 saturated carbocycles. The Morgan fingerprint density at radius 3 is 2.50 bits per heavy atom. The fourth-order valence-corrected chi connectivity index (χ4v) is 4.80. The molecule has 146 valence electrons. The van der Waals surface area contributed by atoms with E-state index in [9.17, 15) is 13.2 Å². The zero-order valence-electron chi connectivity index (χ0n) is 14.8. The van der Waals surface area contributed by atoms with Gasteiger partial charge in [0.1, 0.15) is 10.8 Å². The number of esters is 1. The first-order chi connectivity index (χ1) is 13.3. The second-order valence-electron chi connectivity index (χ2n) is 5.50. The molecule has 7 nitrogen and oxygen atoms in total. The Morgan fingerprint density at radius 1 is 1.14 bits per heavy atom. The van der Waals surface area contributed by atoms with Gasteiger partial charge in [-0.3, -0.25) is 4.72 Å². The van der Waals surface area contributed by atoms with Crippen molar-refractivity contribution < 1.29 is 22.7 Å². The summed E-state index contributed by atoms with van der Waals surface area (Å²) in [5.41, 5.74) is 1.26. The van der Waals surface area contributed by atoms with Crippen LogP contribution in [0.25, 0.3) is 10.6 Å². The molecule has 0 saturated heterocycles. The van der Waals surface area contributed by atoms with Crippen molar-refractivity contribution in [2.24, 2.45) is 0 Å². The van der Waals surface area contributed by atoms with Crippen LogP contribution in [0.5, 0.6) is 5.75 Å². The number of nitrogens with one attached hydrogen (secondary N) is 1. The van der Waals surface area contributed by atoms with Gasteiger partial charge in [0.25, 0.3) is 10.0 Å². The fraction of sp³-hybridized carbons (Fsp3) is 0.111. The monoisotopic (exact) mass is 482 g/mol. The molecule has 0 spiro atoms. The van der Waals surface area contributed by atoms with Gasteiger partial charge in [0.05, 0.1) is 31.7 Å². The van der Waals surface area contributed by atoms with E-state index in [1.54, 1.807) is 0 Å². The molecule has 28 heavy (non-hydrogen) atoms. The maximum atomic E-state index is 12.7. The van der Waals surface area contributed by atoms with E-state index < -0.39 is 16.0 Å². The van der Waals surface area contributed by atoms with Crippen LogP contribution in [0.15, 0.2) is 57.3 Å². The van der Waals surface area contributed by atoms with Crippen LogP contribution >= 0.6 is 27.3 Å². The highest BCUT2D eigenvalue weighted by Crippen LogP contribution is 2.32. The molecule has 0 fully saturated rings. The summed E-state index contributed by atoms with van der Waals surface area (Å²) >= 11 is 4.41. The largest absolute Gasteiger partial charge is 0.495 e. The van der Waals surface area contributed by atoms with Gasteiger partial charge in [0, 0.05) is 10.0 Å². The molecule has 3 aromatic rings. The summed E-state index contributed by atoms with van der Waals surface area (Å²) in [6.07, 6.45) is 1.31. The lowest BCUT2D eigenvalue weighted by Gasteiger charge is -2.11. The van der Waals surface area contributed by atoms with Crippen molar-refractivity contribution in [3.63, 3.8) is 0 Å². The van der Waals surface area contributed by atoms with Crippen molar-refractivity contribution in [3.05, 3.63) is 58.7 Å². The zero-order valence-corrected chi connectivity index (χ0v) is 18.0. The topological polar surface area (TPSA) is 94.6 Å². The SMILES string of the molecule is COC(=O)c1ccc(NS(=O)(=O)c2cnc(-c3ccc(Br)cc3)s2)c(OC)c1. The minimum atomic E-state index is -3.88. The maximum Gasteiger partial charge on any atom is 0.337 e. The van der Waals surface area contributed by atoms with Crippen LogP contribution in [0.2, 0.25) is 0 Å². The molecule has 0 aliphatic rings. The summed E-state index contributed by atoms with van der Waals surface area (Å²) in [6.45, 7) is 0. The molecular formula is C18H15BrN2O5S2. The van der Waals surface area contributed by atoms with Crippen LogP contribution in [-0.2, 0) is 14.8 Å². The van der Waals surface area contributed by atoms with E-state index in [2.05, 4.69) is 30.4 Å². The number of rotatable bonds is 6. The summed E-state index contributed by atoms with van der Waals surface area (Å²) < 4.78 is 38.8. The van der Waals surface area contributed by atoms with Gasteiger partial charge in [-0.15, -0.1) is 11.3 Å². The predicted molar refractivity (Wildman–Crippen MR) is 110 cm³/mol. The van der Waals surface area contributed by atoms with E-state index in [0.717, 1.165) is 21.4 Å². The van der Waals surface area contributed by atoms with Gasteiger partial charge in [0.15, 0.2) is 4.21 Å². The lowest BCUT2D eigenvalue weighted by molar-refractivity contribution is 0.0600. The second kappa shape index (κ2) is 8.29. The smallest absolute Gasteiger partial charge is 0.337 e. The summed E-state index contributed by atoms with van der Waals surface area (Å²) in [4.78, 5) is 15.8. The van der Waals surface area contributed by atoms with Crippen molar-refractivity contribution in [3.8, 4) is 16.3 Å². The third kappa shape index (κ3) is 4.34. The molecule has 0 aliphatic heterocycles. The molecule has 0 aliphatic carbocycles. The average molecular weight is 483 g/mol. The van der Waals surface area contributed by atoms with Crippen molar-refractivity contribution in [2.45, 2.75) is 4.21 Å². The molecule has 0 bridgehead atoms. The van der Waals surface area contributed by atoms with E-state index in [4.69, 9.17) is 4.74 Å². The number of methoxy groups -OCH3 is 2. The van der Waals surface area contributed by atoms with Gasteiger partial charge in [-0.25, -0.2) is 18.2 Å². The highest BCUT2D eigenvalue weighted by molar-refractivity contribution is 9.10. The first kappa shape index (κ1) is 20.3. The van der Waals surface area contributed by atoms with Gasteiger partial charge >= 0.3 is 5.97 Å². The molecule has 1 N–H and O–H groups in total. The number of anilines is 1. The van der Waals surface area contributed by atoms with Crippen molar-refractivity contribution in [1.82, 2.24) is 4.98 Å². The first-order valence-corrected chi connectivity index (χ1v) is 10.9. The summed E-state index contributed by atoms with van der Waals surface area (Å²) in [5, 5.41) is 0.584. The Balaban J connectivity index is 1.88. The van der Waals surface area contributed by atoms with Crippen LogP contribution in [-0.4, -0.2) is 33.6 Å². The standard InChI is InChI=1S/C18H15BrN2O5S2/c1-25-15-9-12(18(22)26-2)5-8-14(15)21-28(23,24)16-10-20-17(27-16)11-3-6-13(19)7-4-11/h3-10,21H,1-2H3. The van der Waals surface area contributed by atoms with Gasteiger partial charge < -0.3 is 9.47 Å². The summed E-state index contributed by atoms with van der Waals surface area (Å²) in [6, 6.07) is 11.7. The number of carbonyl (C=O) groups excluding carboxylic acids is 1. The molecule has 0 radical (unpaired) electrons. The van der Waals surface area contributed by atoms with Crippen LogP contribution in [0.1, 0.15) is 10.4 Å². The molecular weight excluding hydrogens is 468 g/mol. The molecule has 0 atom stereocenters. The first-order valence-electron chi connectivity index (χ1n) is 7.85. The number of ether oxygens (including phenoxy) is 2. The zero-order chi connectivity index (χ0) is 20.3. The average Bonchev–Trinajstić information content (AvgIpc) is 3.19. The minimum Gasteiger partial charge on any atom is -0.495 e. The Morgan fingerprint density at radius 2 is 1.86 bits per heavy atom. The molecule has 0 amide bonds. The van der Waals surface area contributed by atoms with Gasteiger partial charge in [-0.2, -0.15) is 0 Å². The molecule has 1 aromatic heterocycles. The minimum absolute atomic E-state index is 0.0597. The number of hydrogen-bond acceptors (Lipinski definition) is 7. The lowest BCUT2D eigenvalue weighted by atomic mass is 10.2. The number of benzene rings is 2. The third-order valence-electron chi connectivity index (χ3n) is 3.71. The van der Waals surface area contributed by atoms with E-state index >= 15 is 0 Å². The Labute approximate surface area is 174 Å². The Hall–Kier alpha value is -2.43. The summed E-state index contributed by atoms with van der Waals surface area (Å²) in [5.74, 6) is -0.349. The van der Waals surface area contributed by atoms with Crippen molar-refractivity contribution in [1.29, 1.82) is 0 Å². The number of nitrogens with zero attached hydrogens (tertiary/aromatic N) is 1. The van der Waals surface area contributed by atoms with Crippen LogP contribution in [0.4, 0.5) is 5.69 Å². The third-order valence-corrected chi connectivity index (χ3v) is 7.11. The van der Waals surface area contributed by atoms with Crippen molar-refractivity contribution >= 4 is 48.9 Å². The highest BCUT2D eigenvalue weighted by atomic mass is 79.9. The van der Waals surface area contributed by atoms with Gasteiger partial charge in [0.2, 0.25) is 0 Å². The predicted octanol–water partition coefficient (Wildman–Crippen LogP) is 4.17. The molecule has 3 rings (SSSR count). The van der Waals surface area contributed by atoms with Crippen LogP contribution < -0.4 is 9.46 Å². The van der Waals surface area contributed by atoms with Crippen LogP contribution in [0.3, 0.4) is 0 Å². The Bertz CT molecular complexity index is 1110. The molecule has 1 heterocycles. The van der Waals surface area contributed by atoms with Gasteiger partial charge in [-0.05, 0) is 30.3 Å². The van der Waals surface area contributed by atoms with E-state index in [1.165, 1.54) is 38.6 Å². The van der Waals surface area contributed by atoms with Crippen molar-refractivity contribution in [2.75, 3.05) is 18.9 Å². The number of carbonyl (C=O) groups is 1. The van der Waals surface area contributed by atoms with E-state index in [0.29, 0.717) is 5.01 Å². The van der Waals surface area contributed by atoms with E-state index in [-0.39, 0.29) is 21.2 Å². The van der Waals surface area contributed by atoms with Crippen LogP contribution in [0, 0.1) is 0 Å².